The number of anilines is 1. The van der Waals surface area contributed by atoms with Gasteiger partial charge in [0.1, 0.15) is 11.6 Å². The maximum Gasteiger partial charge on any atom is 0.228 e. The maximum atomic E-state index is 13.5. The molecule has 37 heavy (non-hydrogen) atoms. The average molecular weight is 502 g/mol. The van der Waals surface area contributed by atoms with E-state index in [2.05, 4.69) is 27.7 Å². The van der Waals surface area contributed by atoms with Crippen LogP contribution < -0.4 is 10.6 Å². The maximum absolute atomic E-state index is 13.5. The Bertz CT molecular complexity index is 1280. The third-order valence-corrected chi connectivity index (χ3v) is 7.33. The van der Waals surface area contributed by atoms with Crippen molar-refractivity contribution in [1.29, 1.82) is 0 Å². The molecule has 3 N–H and O–H groups in total. The second-order valence-corrected chi connectivity index (χ2v) is 10.2. The lowest BCUT2D eigenvalue weighted by Crippen LogP contribution is -2.48. The lowest BCUT2D eigenvalue weighted by Gasteiger charge is -2.36. The molecule has 7 heteroatoms. The molecule has 1 fully saturated rings. The molecule has 5 rings (SSSR count). The van der Waals surface area contributed by atoms with E-state index in [0.717, 1.165) is 30.5 Å². The second-order valence-electron chi connectivity index (χ2n) is 10.2. The third-order valence-electron chi connectivity index (χ3n) is 7.33. The number of halogens is 1. The van der Waals surface area contributed by atoms with Crippen molar-refractivity contribution in [3.63, 3.8) is 0 Å². The van der Waals surface area contributed by atoms with E-state index in [-0.39, 0.29) is 41.8 Å². The highest BCUT2D eigenvalue weighted by Crippen LogP contribution is 2.28. The van der Waals surface area contributed by atoms with Gasteiger partial charge in [0.25, 0.3) is 0 Å². The summed E-state index contributed by atoms with van der Waals surface area (Å²) in [5, 5.41) is 15.6. The lowest BCUT2D eigenvalue weighted by molar-refractivity contribution is -0.130. The van der Waals surface area contributed by atoms with Crippen molar-refractivity contribution in [2.75, 3.05) is 18.4 Å². The molecule has 0 aromatic heterocycles. The number of piperidine rings is 1. The number of phenolic OH excluding ortho intramolecular Hbond substituents is 1. The van der Waals surface area contributed by atoms with Gasteiger partial charge < -0.3 is 15.7 Å². The van der Waals surface area contributed by atoms with Crippen molar-refractivity contribution in [3.05, 3.63) is 94.8 Å². The molecule has 3 aromatic rings. The minimum Gasteiger partial charge on any atom is -0.508 e. The van der Waals surface area contributed by atoms with Gasteiger partial charge in [-0.25, -0.2) is 4.39 Å². The van der Waals surface area contributed by atoms with Gasteiger partial charge in [-0.3, -0.25) is 14.5 Å². The first-order valence-corrected chi connectivity index (χ1v) is 12.9. The molecule has 0 unspecified atom stereocenters. The molecule has 0 bridgehead atoms. The molecule has 1 heterocycles. The molecule has 2 amide bonds. The standard InChI is InChI=1S/C30H32FN3O3/c31-26-6-1-3-21(13-26)16-32-29(36)24-14-25(19-34(18-24)17-20-7-11-28(35)12-8-20)30(37)33-27-10-9-22-4-2-5-23(22)15-27/h1,3,6-13,15,24-25,35H,2,4-5,14,16-19H2,(H,32,36)(H,33,37)/t24-,25+/m0/s1. The minimum absolute atomic E-state index is 0.0868. The van der Waals surface area contributed by atoms with Gasteiger partial charge in [0.2, 0.25) is 11.8 Å². The van der Waals surface area contributed by atoms with E-state index in [1.807, 2.05) is 18.2 Å². The van der Waals surface area contributed by atoms with E-state index in [9.17, 15) is 19.1 Å². The number of rotatable bonds is 7. The van der Waals surface area contributed by atoms with Crippen LogP contribution in [-0.4, -0.2) is 34.9 Å². The number of hydrogen-bond acceptors (Lipinski definition) is 4. The van der Waals surface area contributed by atoms with Crippen LogP contribution in [0.3, 0.4) is 0 Å². The topological polar surface area (TPSA) is 81.7 Å². The first-order chi connectivity index (χ1) is 17.9. The van der Waals surface area contributed by atoms with Crippen LogP contribution in [0.15, 0.2) is 66.7 Å². The monoisotopic (exact) mass is 501 g/mol. The third kappa shape index (κ3) is 6.35. The van der Waals surface area contributed by atoms with E-state index >= 15 is 0 Å². The van der Waals surface area contributed by atoms with Gasteiger partial charge in [0.15, 0.2) is 0 Å². The molecule has 0 saturated carbocycles. The summed E-state index contributed by atoms with van der Waals surface area (Å²) in [6, 6.07) is 19.3. The fourth-order valence-corrected chi connectivity index (χ4v) is 5.43. The van der Waals surface area contributed by atoms with Crippen molar-refractivity contribution in [2.24, 2.45) is 11.8 Å². The molecule has 2 atom stereocenters. The number of likely N-dealkylation sites (tertiary alicyclic amines) is 1. The molecular formula is C30H32FN3O3. The quantitative estimate of drug-likeness (QED) is 0.448. The number of hydrogen-bond donors (Lipinski definition) is 3. The van der Waals surface area contributed by atoms with Gasteiger partial charge in [-0.05, 0) is 84.3 Å². The van der Waals surface area contributed by atoms with Crippen molar-refractivity contribution in [3.8, 4) is 5.75 Å². The zero-order chi connectivity index (χ0) is 25.8. The van der Waals surface area contributed by atoms with Crippen LogP contribution in [0.2, 0.25) is 0 Å². The van der Waals surface area contributed by atoms with E-state index in [4.69, 9.17) is 0 Å². The molecule has 1 aliphatic carbocycles. The smallest absolute Gasteiger partial charge is 0.228 e. The summed E-state index contributed by atoms with van der Waals surface area (Å²) in [6.45, 7) is 1.84. The Kier molecular flexibility index (Phi) is 7.51. The number of aryl methyl sites for hydroxylation is 2. The van der Waals surface area contributed by atoms with Gasteiger partial charge >= 0.3 is 0 Å². The molecule has 1 saturated heterocycles. The van der Waals surface area contributed by atoms with Crippen molar-refractivity contribution >= 4 is 17.5 Å². The van der Waals surface area contributed by atoms with E-state index in [1.54, 1.807) is 24.3 Å². The number of nitrogens with one attached hydrogen (secondary N) is 2. The summed E-state index contributed by atoms with van der Waals surface area (Å²) in [4.78, 5) is 28.6. The zero-order valence-electron chi connectivity index (χ0n) is 20.8. The summed E-state index contributed by atoms with van der Waals surface area (Å²) >= 11 is 0. The van der Waals surface area contributed by atoms with Crippen LogP contribution in [0.25, 0.3) is 0 Å². The molecule has 0 radical (unpaired) electrons. The Morgan fingerprint density at radius 1 is 0.892 bits per heavy atom. The van der Waals surface area contributed by atoms with Crippen LogP contribution in [0.5, 0.6) is 5.75 Å². The minimum atomic E-state index is -0.379. The number of amides is 2. The number of phenols is 1. The highest BCUT2D eigenvalue weighted by Gasteiger charge is 2.35. The van der Waals surface area contributed by atoms with Gasteiger partial charge in [-0.15, -0.1) is 0 Å². The fraction of sp³-hybridized carbons (Fsp3) is 0.333. The molecule has 2 aliphatic rings. The Morgan fingerprint density at radius 3 is 2.43 bits per heavy atom. The van der Waals surface area contributed by atoms with E-state index < -0.39 is 0 Å². The largest absolute Gasteiger partial charge is 0.508 e. The van der Waals surface area contributed by atoms with Crippen LogP contribution in [0.1, 0.15) is 35.1 Å². The molecular weight excluding hydrogens is 469 g/mol. The highest BCUT2D eigenvalue weighted by molar-refractivity contribution is 5.93. The Labute approximate surface area is 216 Å². The summed E-state index contributed by atoms with van der Waals surface area (Å²) < 4.78 is 13.5. The molecule has 6 nitrogen and oxygen atoms in total. The molecule has 192 valence electrons. The predicted molar refractivity (Wildman–Crippen MR) is 140 cm³/mol. The number of nitrogens with zero attached hydrogens (tertiary/aromatic N) is 1. The molecule has 1 aliphatic heterocycles. The number of carbonyl (C=O) groups is 2. The number of fused-ring (bicyclic) bond motifs is 1. The number of aromatic hydroxyl groups is 1. The highest BCUT2D eigenvalue weighted by atomic mass is 19.1. The van der Waals surface area contributed by atoms with Crippen LogP contribution in [-0.2, 0) is 35.5 Å². The van der Waals surface area contributed by atoms with E-state index in [0.29, 0.717) is 31.6 Å². The lowest BCUT2D eigenvalue weighted by atomic mass is 9.87. The average Bonchev–Trinajstić information content (AvgIpc) is 3.36. The molecule has 0 spiro atoms. The van der Waals surface area contributed by atoms with Crippen LogP contribution in [0, 0.1) is 17.7 Å². The summed E-state index contributed by atoms with van der Waals surface area (Å²) in [6.07, 6.45) is 3.72. The van der Waals surface area contributed by atoms with Crippen LogP contribution >= 0.6 is 0 Å². The van der Waals surface area contributed by atoms with Crippen molar-refractivity contribution in [2.45, 2.75) is 38.8 Å². The van der Waals surface area contributed by atoms with E-state index in [1.165, 1.54) is 23.3 Å². The summed E-state index contributed by atoms with van der Waals surface area (Å²) in [5.41, 5.74) is 5.14. The van der Waals surface area contributed by atoms with Crippen LogP contribution in [0.4, 0.5) is 10.1 Å². The predicted octanol–water partition coefficient (Wildman–Crippen LogP) is 4.41. The number of carbonyl (C=O) groups excluding carboxylic acids is 2. The Morgan fingerprint density at radius 2 is 1.65 bits per heavy atom. The van der Waals surface area contributed by atoms with Gasteiger partial charge in [-0.2, -0.15) is 0 Å². The first-order valence-electron chi connectivity index (χ1n) is 12.9. The fourth-order valence-electron chi connectivity index (χ4n) is 5.43. The van der Waals surface area contributed by atoms with Crippen molar-refractivity contribution in [1.82, 2.24) is 10.2 Å². The zero-order valence-corrected chi connectivity index (χ0v) is 20.8. The Hall–Kier alpha value is -3.71. The normalized spacial score (nSPS) is 19.3. The summed E-state index contributed by atoms with van der Waals surface area (Å²) in [7, 11) is 0. The van der Waals surface area contributed by atoms with Crippen molar-refractivity contribution < 1.29 is 19.1 Å². The second kappa shape index (κ2) is 11.1. The van der Waals surface area contributed by atoms with Gasteiger partial charge in [-0.1, -0.05) is 30.3 Å². The molecule has 3 aromatic carbocycles. The first kappa shape index (κ1) is 25.0. The van der Waals surface area contributed by atoms with Gasteiger partial charge in [0.05, 0.1) is 11.8 Å². The number of benzene rings is 3. The summed E-state index contributed by atoms with van der Waals surface area (Å²) in [5.74, 6) is -1.11. The Balaban J connectivity index is 1.28. The SMILES string of the molecule is O=C(NCc1cccc(F)c1)[C@H]1C[C@@H](C(=O)Nc2ccc3c(c2)CCC3)CN(Cc2ccc(O)cc2)C1. The van der Waals surface area contributed by atoms with Gasteiger partial charge in [0, 0.05) is 31.9 Å².